The van der Waals surface area contributed by atoms with Crippen molar-refractivity contribution in [3.63, 3.8) is 0 Å². The molecule has 0 aliphatic carbocycles. The second-order valence-electron chi connectivity index (χ2n) is 12.2. The summed E-state index contributed by atoms with van der Waals surface area (Å²) in [5.41, 5.74) is 7.57. The zero-order chi connectivity index (χ0) is 34.7. The van der Waals surface area contributed by atoms with Gasteiger partial charge in [0.25, 0.3) is 0 Å². The van der Waals surface area contributed by atoms with Crippen LogP contribution in [0.25, 0.3) is 11.1 Å². The van der Waals surface area contributed by atoms with Crippen LogP contribution in [-0.2, 0) is 47.9 Å². The van der Waals surface area contributed by atoms with Crippen molar-refractivity contribution < 1.29 is 33.3 Å². The number of carbonyl (C=O) groups excluding carboxylic acids is 3. The Labute approximate surface area is 286 Å². The van der Waals surface area contributed by atoms with E-state index in [0.717, 1.165) is 61.2 Å². The van der Waals surface area contributed by atoms with Crippen LogP contribution in [0, 0.1) is 0 Å². The molecule has 258 valence electrons. The van der Waals surface area contributed by atoms with Gasteiger partial charge in [0.1, 0.15) is 5.75 Å². The Morgan fingerprint density at radius 2 is 1.33 bits per heavy atom. The van der Waals surface area contributed by atoms with Crippen LogP contribution in [0.4, 0.5) is 0 Å². The minimum Gasteiger partial charge on any atom is -0.494 e. The van der Waals surface area contributed by atoms with Crippen molar-refractivity contribution in [1.29, 1.82) is 0 Å². The number of hydrogen-bond acceptors (Lipinski definition) is 7. The van der Waals surface area contributed by atoms with E-state index in [9.17, 15) is 14.4 Å². The van der Waals surface area contributed by atoms with Crippen LogP contribution in [0.15, 0.2) is 78.9 Å². The molecule has 0 N–H and O–H groups in total. The maximum absolute atomic E-state index is 11.9. The minimum atomic E-state index is -0.843. The summed E-state index contributed by atoms with van der Waals surface area (Å²) in [4.78, 5) is 34.8. The molecule has 0 radical (unpaired) electrons. The average Bonchev–Trinajstić information content (AvgIpc) is 3.09. The lowest BCUT2D eigenvalue weighted by Crippen LogP contribution is -2.16. The summed E-state index contributed by atoms with van der Waals surface area (Å²) in [6.07, 6.45) is 8.53. The fraction of sp³-hybridized carbons (Fsp3) is 0.439. The van der Waals surface area contributed by atoms with Crippen LogP contribution in [0.2, 0.25) is 0 Å². The molecule has 0 aromatic heterocycles. The van der Waals surface area contributed by atoms with E-state index in [4.69, 9.17) is 18.9 Å². The zero-order valence-corrected chi connectivity index (χ0v) is 29.2. The molecule has 3 aromatic rings. The fourth-order valence-electron chi connectivity index (χ4n) is 5.53. The van der Waals surface area contributed by atoms with Gasteiger partial charge < -0.3 is 18.9 Å². The lowest BCUT2D eigenvalue weighted by atomic mass is 9.90. The Balaban J connectivity index is 1.50. The summed E-state index contributed by atoms with van der Waals surface area (Å²) >= 11 is 0. The highest BCUT2D eigenvalue weighted by atomic mass is 16.5. The van der Waals surface area contributed by atoms with E-state index >= 15 is 0 Å². The maximum Gasteiger partial charge on any atom is 0.374 e. The van der Waals surface area contributed by atoms with Crippen molar-refractivity contribution in [3.8, 4) is 16.9 Å². The van der Waals surface area contributed by atoms with E-state index in [1.54, 1.807) is 14.0 Å². The molecule has 3 aromatic carbocycles. The molecule has 7 nitrogen and oxygen atoms in total. The van der Waals surface area contributed by atoms with E-state index in [0.29, 0.717) is 25.0 Å². The topological polar surface area (TPSA) is 88.1 Å². The van der Waals surface area contributed by atoms with Crippen LogP contribution < -0.4 is 4.74 Å². The predicted octanol–water partition coefficient (Wildman–Crippen LogP) is 8.40. The van der Waals surface area contributed by atoms with Gasteiger partial charge in [-0.25, -0.2) is 9.59 Å². The molecule has 7 heteroatoms. The normalized spacial score (nSPS) is 11.5. The smallest absolute Gasteiger partial charge is 0.374 e. The highest BCUT2D eigenvalue weighted by Crippen LogP contribution is 2.31. The first-order valence-electron chi connectivity index (χ1n) is 17.1. The molecule has 0 bridgehead atoms. The number of ether oxygens (including phenoxy) is 4. The first-order chi connectivity index (χ1) is 23.2. The molecule has 0 fully saturated rings. The van der Waals surface area contributed by atoms with Gasteiger partial charge in [-0.05, 0) is 103 Å². The highest BCUT2D eigenvalue weighted by Gasteiger charge is 2.17. The van der Waals surface area contributed by atoms with Gasteiger partial charge in [0.15, 0.2) is 0 Å². The predicted molar refractivity (Wildman–Crippen MR) is 190 cm³/mol. The van der Waals surface area contributed by atoms with Gasteiger partial charge in [-0.3, -0.25) is 4.79 Å². The zero-order valence-electron chi connectivity index (χ0n) is 29.2. The standard InChI is InChI=1S/C41H52O7/c1-6-34-29-38(46-25-10-8-7-9-11-32-12-14-33(15-13-32)22-26-45-5)20-21-39(34)37-18-16-35(17-19-37)36(23-27-47-40(43)30(2)3)24-28-48-41(44)31(4)42/h12-21,29,36H,2,6-11,22-28H2,1,3-5H3. The Bertz CT molecular complexity index is 1430. The molecule has 0 heterocycles. The number of Topliss-reactive ketones (excluding diaryl/α,β-unsaturated/α-hetero) is 1. The van der Waals surface area contributed by atoms with Crippen LogP contribution in [0.5, 0.6) is 5.75 Å². The molecule has 0 aliphatic heterocycles. The van der Waals surface area contributed by atoms with E-state index in [2.05, 4.69) is 74.2 Å². The Morgan fingerprint density at radius 1 is 0.708 bits per heavy atom. The molecule has 1 atom stereocenters. The van der Waals surface area contributed by atoms with Crippen LogP contribution in [0.3, 0.4) is 0 Å². The monoisotopic (exact) mass is 656 g/mol. The van der Waals surface area contributed by atoms with Crippen molar-refractivity contribution in [1.82, 2.24) is 0 Å². The minimum absolute atomic E-state index is 0.0315. The molecule has 0 saturated heterocycles. The van der Waals surface area contributed by atoms with Gasteiger partial charge in [-0.2, -0.15) is 0 Å². The first-order valence-corrected chi connectivity index (χ1v) is 17.1. The summed E-state index contributed by atoms with van der Waals surface area (Å²) in [5.74, 6) is -1.04. The Morgan fingerprint density at radius 3 is 1.94 bits per heavy atom. The van der Waals surface area contributed by atoms with Gasteiger partial charge in [0.05, 0.1) is 26.4 Å². The number of methoxy groups -OCH3 is 1. The van der Waals surface area contributed by atoms with Crippen molar-refractivity contribution in [3.05, 3.63) is 101 Å². The average molecular weight is 657 g/mol. The van der Waals surface area contributed by atoms with E-state index < -0.39 is 17.7 Å². The van der Waals surface area contributed by atoms with Gasteiger partial charge >= 0.3 is 11.9 Å². The molecule has 0 saturated carbocycles. The third kappa shape index (κ3) is 13.1. The number of esters is 2. The number of aryl methyl sites for hydroxylation is 2. The van der Waals surface area contributed by atoms with Gasteiger partial charge in [-0.15, -0.1) is 0 Å². The molecule has 0 amide bonds. The molecule has 3 rings (SSSR count). The number of benzene rings is 3. The SMILES string of the molecule is C=C(C)C(=O)OCCC(CCOC(=O)C(C)=O)c1ccc(-c2ccc(OCCCCCCc3ccc(CCOC)cc3)cc2CC)cc1. The van der Waals surface area contributed by atoms with Crippen molar-refractivity contribution in [2.45, 2.75) is 84.5 Å². The van der Waals surface area contributed by atoms with Crippen LogP contribution >= 0.6 is 0 Å². The van der Waals surface area contributed by atoms with Crippen molar-refractivity contribution in [2.24, 2.45) is 0 Å². The Kier molecular flexibility index (Phi) is 16.6. The number of rotatable bonds is 22. The molecule has 0 spiro atoms. The number of ketones is 1. The van der Waals surface area contributed by atoms with Gasteiger partial charge in [-0.1, -0.05) is 80.9 Å². The van der Waals surface area contributed by atoms with Crippen molar-refractivity contribution >= 4 is 17.7 Å². The highest BCUT2D eigenvalue weighted by molar-refractivity contribution is 6.32. The van der Waals surface area contributed by atoms with E-state index in [1.807, 2.05) is 6.07 Å². The van der Waals surface area contributed by atoms with Crippen molar-refractivity contribution in [2.75, 3.05) is 33.5 Å². The summed E-state index contributed by atoms with van der Waals surface area (Å²) in [5, 5.41) is 0. The lowest BCUT2D eigenvalue weighted by molar-refractivity contribution is -0.153. The molecule has 1 unspecified atom stereocenters. The lowest BCUT2D eigenvalue weighted by Gasteiger charge is -2.18. The van der Waals surface area contributed by atoms with Crippen LogP contribution in [-0.4, -0.2) is 51.3 Å². The Hall–Kier alpha value is -4.23. The number of carbonyl (C=O) groups is 3. The molecule has 0 aliphatic rings. The van der Waals surface area contributed by atoms with Gasteiger partial charge in [0, 0.05) is 19.6 Å². The van der Waals surface area contributed by atoms with E-state index in [-0.39, 0.29) is 19.1 Å². The summed E-state index contributed by atoms with van der Waals surface area (Å²) in [7, 11) is 1.74. The number of hydrogen-bond donors (Lipinski definition) is 0. The van der Waals surface area contributed by atoms with E-state index in [1.165, 1.54) is 36.5 Å². The first kappa shape index (κ1) is 38.2. The fourth-order valence-corrected chi connectivity index (χ4v) is 5.53. The molecule has 48 heavy (non-hydrogen) atoms. The second-order valence-corrected chi connectivity index (χ2v) is 12.2. The molecular weight excluding hydrogens is 604 g/mol. The largest absolute Gasteiger partial charge is 0.494 e. The van der Waals surface area contributed by atoms with Gasteiger partial charge in [0.2, 0.25) is 5.78 Å². The second kappa shape index (κ2) is 20.9. The van der Waals surface area contributed by atoms with Crippen LogP contribution in [0.1, 0.15) is 87.5 Å². The third-order valence-electron chi connectivity index (χ3n) is 8.43. The third-order valence-corrected chi connectivity index (χ3v) is 8.43. The molecular formula is C41H52O7. The number of unbranched alkanes of at least 4 members (excludes halogenated alkanes) is 3. The summed E-state index contributed by atoms with van der Waals surface area (Å²) < 4.78 is 21.7. The quantitative estimate of drug-likeness (QED) is 0.0464. The summed E-state index contributed by atoms with van der Waals surface area (Å²) in [6, 6.07) is 23.5. The summed E-state index contributed by atoms with van der Waals surface area (Å²) in [6.45, 7) is 10.3. The maximum atomic E-state index is 11.9.